The molecule has 0 radical (unpaired) electrons. The number of benzene rings is 2. The highest BCUT2D eigenvalue weighted by Gasteiger charge is 2.22. The van der Waals surface area contributed by atoms with Gasteiger partial charge in [0.05, 0.1) is 4.90 Å². The number of hydrogen-bond donors (Lipinski definition) is 3. The van der Waals surface area contributed by atoms with Crippen molar-refractivity contribution in [3.63, 3.8) is 0 Å². The summed E-state index contributed by atoms with van der Waals surface area (Å²) < 4.78 is 56.9. The van der Waals surface area contributed by atoms with Crippen LogP contribution in [0.4, 0.5) is 23.1 Å². The number of rotatable bonds is 10. The highest BCUT2D eigenvalue weighted by Crippen LogP contribution is 2.24. The normalized spacial score (nSPS) is 16.0. The molecule has 0 spiro atoms. The fourth-order valence-corrected chi connectivity index (χ4v) is 5.29. The summed E-state index contributed by atoms with van der Waals surface area (Å²) in [6.45, 7) is 5.85. The van der Waals surface area contributed by atoms with Gasteiger partial charge >= 0.3 is 0 Å². The van der Waals surface area contributed by atoms with Gasteiger partial charge < -0.3 is 15.4 Å². The summed E-state index contributed by atoms with van der Waals surface area (Å²) in [7, 11) is -4.10. The average molecular weight is 528 g/mol. The predicted molar refractivity (Wildman–Crippen MR) is 147 cm³/mol. The molecule has 10 heteroatoms. The molecule has 0 amide bonds. The Kier molecular flexibility index (Phi) is 7.10. The summed E-state index contributed by atoms with van der Waals surface area (Å²) in [4.78, 5) is 11.2. The lowest BCUT2D eigenvalue weighted by Crippen LogP contribution is -2.40. The summed E-state index contributed by atoms with van der Waals surface area (Å²) >= 11 is 0. The smallest absolute Gasteiger partial charge is 0.241 e. The van der Waals surface area contributed by atoms with Crippen LogP contribution in [0.2, 0.25) is 0 Å². The van der Waals surface area contributed by atoms with Crippen LogP contribution in [0.15, 0.2) is 59.6 Å². The quantitative estimate of drug-likeness (QED) is 0.344. The second kappa shape index (κ2) is 11.5. The number of aryl methyl sites for hydroxylation is 1. The van der Waals surface area contributed by atoms with Crippen molar-refractivity contribution >= 4 is 33.2 Å². The minimum Gasteiger partial charge on any atom is -0.492 e. The number of nitrogens with one attached hydrogen (secondary N) is 3. The molecule has 0 unspecified atom stereocenters. The van der Waals surface area contributed by atoms with E-state index >= 15 is 0 Å². The van der Waals surface area contributed by atoms with Crippen molar-refractivity contribution in [3.8, 4) is 5.75 Å². The zero-order valence-electron chi connectivity index (χ0n) is 24.4. The topological polar surface area (TPSA) is 108 Å². The van der Waals surface area contributed by atoms with Crippen molar-refractivity contribution in [1.82, 2.24) is 19.6 Å². The molecule has 1 saturated heterocycles. The van der Waals surface area contributed by atoms with E-state index in [2.05, 4.69) is 30.2 Å². The molecule has 0 saturated carbocycles. The van der Waals surface area contributed by atoms with Crippen molar-refractivity contribution in [3.05, 3.63) is 60.3 Å². The monoisotopic (exact) mass is 527 g/mol. The van der Waals surface area contributed by atoms with Crippen LogP contribution in [0.1, 0.15) is 43.2 Å². The van der Waals surface area contributed by atoms with Crippen LogP contribution in [0, 0.1) is 6.92 Å². The molecule has 2 aromatic carbocycles. The van der Waals surface area contributed by atoms with Gasteiger partial charge in [0.15, 0.2) is 0 Å². The number of ether oxygens (including phenoxy) is 1. The maximum absolute atomic E-state index is 12.9. The zero-order valence-corrected chi connectivity index (χ0v) is 22.2. The zero-order chi connectivity index (χ0) is 29.0. The molecule has 37 heavy (non-hydrogen) atoms. The van der Waals surface area contributed by atoms with E-state index in [0.717, 1.165) is 36.6 Å². The van der Waals surface area contributed by atoms with Gasteiger partial charge in [-0.1, -0.05) is 6.07 Å². The summed E-state index contributed by atoms with van der Waals surface area (Å²) in [5.41, 5.74) is 0.370. The minimum atomic E-state index is -4.10. The van der Waals surface area contributed by atoms with E-state index in [4.69, 9.17) is 8.85 Å². The van der Waals surface area contributed by atoms with E-state index in [1.54, 1.807) is 18.3 Å². The second-order valence-electron chi connectivity index (χ2n) is 9.66. The SMILES string of the molecule is [2H]C([2H])([2H])C(C)(C)NS(=O)(=O)c1cccc(Nc2nc(Nc3ccc(OCCN4CCCC4)cc3)ncc2C)c1. The molecule has 1 fully saturated rings. The van der Waals surface area contributed by atoms with Crippen LogP contribution in [-0.2, 0) is 10.0 Å². The minimum absolute atomic E-state index is 0.0670. The number of aromatic nitrogens is 2. The van der Waals surface area contributed by atoms with Gasteiger partial charge in [0, 0.05) is 39.3 Å². The molecule has 4 rings (SSSR count). The molecule has 3 aromatic rings. The molecular formula is C27H36N6O3S. The first-order valence-electron chi connectivity index (χ1n) is 13.8. The molecule has 0 aliphatic carbocycles. The molecule has 3 N–H and O–H groups in total. The Morgan fingerprint density at radius 2 is 1.84 bits per heavy atom. The van der Waals surface area contributed by atoms with Crippen LogP contribution in [0.3, 0.4) is 0 Å². The van der Waals surface area contributed by atoms with Crippen LogP contribution < -0.4 is 20.1 Å². The Bertz CT molecular complexity index is 1410. The predicted octanol–water partition coefficient (Wildman–Crippen LogP) is 4.82. The average Bonchev–Trinajstić information content (AvgIpc) is 3.40. The molecule has 0 bridgehead atoms. The highest BCUT2D eigenvalue weighted by atomic mass is 32.2. The molecule has 0 atom stereocenters. The fourth-order valence-electron chi connectivity index (χ4n) is 3.96. The van der Waals surface area contributed by atoms with Gasteiger partial charge in [-0.25, -0.2) is 18.1 Å². The number of nitrogens with zero attached hydrogens (tertiary/aromatic N) is 3. The lowest BCUT2D eigenvalue weighted by molar-refractivity contribution is 0.238. The maximum atomic E-state index is 12.9. The van der Waals surface area contributed by atoms with E-state index < -0.39 is 22.4 Å². The fraction of sp³-hybridized carbons (Fsp3) is 0.407. The number of anilines is 4. The van der Waals surface area contributed by atoms with Crippen molar-refractivity contribution in [1.29, 1.82) is 0 Å². The van der Waals surface area contributed by atoms with E-state index in [0.29, 0.717) is 24.1 Å². The Balaban J connectivity index is 1.41. The van der Waals surface area contributed by atoms with Crippen LogP contribution in [0.5, 0.6) is 5.75 Å². The second-order valence-corrected chi connectivity index (χ2v) is 11.3. The highest BCUT2D eigenvalue weighted by molar-refractivity contribution is 7.89. The molecule has 1 aliphatic rings. The third-order valence-corrected chi connectivity index (χ3v) is 7.41. The standard InChI is InChI=1S/C27H36N6O3S/c1-20-19-28-26(30-21-10-12-23(13-11-21)36-17-16-33-14-5-6-15-33)31-25(20)29-22-8-7-9-24(18-22)37(34,35)32-27(2,3)4/h7-13,18-19,32H,5-6,14-17H2,1-4H3,(H2,28,29,30,31)/i2D3. The Labute approximate surface area is 223 Å². The summed E-state index contributed by atoms with van der Waals surface area (Å²) in [5.74, 6) is 1.65. The Hall–Kier alpha value is -3.21. The summed E-state index contributed by atoms with van der Waals surface area (Å²) in [5, 5.41) is 6.32. The van der Waals surface area contributed by atoms with E-state index in [-0.39, 0.29) is 4.90 Å². The van der Waals surface area contributed by atoms with Gasteiger partial charge in [-0.2, -0.15) is 4.98 Å². The number of sulfonamides is 1. The molecule has 1 aromatic heterocycles. The van der Waals surface area contributed by atoms with Gasteiger partial charge in [0.25, 0.3) is 0 Å². The van der Waals surface area contributed by atoms with Crippen LogP contribution in [0.25, 0.3) is 0 Å². The molecule has 1 aliphatic heterocycles. The first-order chi connectivity index (χ1) is 18.8. The number of likely N-dealkylation sites (tertiary alicyclic amines) is 1. The van der Waals surface area contributed by atoms with Gasteiger partial charge in [0.1, 0.15) is 18.2 Å². The largest absolute Gasteiger partial charge is 0.492 e. The Morgan fingerprint density at radius 1 is 1.08 bits per heavy atom. The van der Waals surface area contributed by atoms with Gasteiger partial charge in [-0.05, 0) is 96.0 Å². The van der Waals surface area contributed by atoms with E-state index in [1.807, 2.05) is 31.2 Å². The van der Waals surface area contributed by atoms with E-state index in [1.165, 1.54) is 38.8 Å². The van der Waals surface area contributed by atoms with E-state index in [9.17, 15) is 8.42 Å². The lowest BCUT2D eigenvalue weighted by Gasteiger charge is -2.20. The van der Waals surface area contributed by atoms with Crippen LogP contribution in [-0.4, -0.2) is 55.1 Å². The lowest BCUT2D eigenvalue weighted by atomic mass is 10.1. The van der Waals surface area contributed by atoms with Gasteiger partial charge in [-0.15, -0.1) is 0 Å². The number of hydrogen-bond acceptors (Lipinski definition) is 8. The van der Waals surface area contributed by atoms with Gasteiger partial charge in [-0.3, -0.25) is 4.90 Å². The van der Waals surface area contributed by atoms with Crippen molar-refractivity contribution < 1.29 is 17.3 Å². The first kappa shape index (κ1) is 22.9. The van der Waals surface area contributed by atoms with Crippen LogP contribution >= 0.6 is 0 Å². The van der Waals surface area contributed by atoms with Crippen molar-refractivity contribution in [2.24, 2.45) is 0 Å². The maximum Gasteiger partial charge on any atom is 0.241 e. The third kappa shape index (κ3) is 7.88. The molecule has 198 valence electrons. The first-order valence-corrected chi connectivity index (χ1v) is 13.8. The van der Waals surface area contributed by atoms with Crippen molar-refractivity contribution in [2.45, 2.75) is 50.9 Å². The summed E-state index contributed by atoms with van der Waals surface area (Å²) in [6, 6.07) is 13.7. The molecule has 2 heterocycles. The molecule has 9 nitrogen and oxygen atoms in total. The Morgan fingerprint density at radius 3 is 2.57 bits per heavy atom. The summed E-state index contributed by atoms with van der Waals surface area (Å²) in [6.07, 6.45) is 4.18. The van der Waals surface area contributed by atoms with Gasteiger partial charge in [0.2, 0.25) is 16.0 Å². The molecular weight excluding hydrogens is 488 g/mol. The van der Waals surface area contributed by atoms with Crippen molar-refractivity contribution in [2.75, 3.05) is 36.9 Å². The third-order valence-electron chi connectivity index (χ3n) is 5.75.